The summed E-state index contributed by atoms with van der Waals surface area (Å²) in [5.74, 6) is 6.52. The number of benzene rings is 1. The Morgan fingerprint density at radius 2 is 1.90 bits per heavy atom. The first-order valence-corrected chi connectivity index (χ1v) is 8.38. The molecule has 0 bridgehead atoms. The average molecular weight is 274 g/mol. The number of hydrogen-bond donors (Lipinski definition) is 2. The molecular formula is C18H30N2. The van der Waals surface area contributed by atoms with Crippen molar-refractivity contribution < 1.29 is 0 Å². The molecule has 2 unspecified atom stereocenters. The summed E-state index contributed by atoms with van der Waals surface area (Å²) in [4.78, 5) is 0. The van der Waals surface area contributed by atoms with Crippen LogP contribution in [0.3, 0.4) is 0 Å². The van der Waals surface area contributed by atoms with Crippen molar-refractivity contribution in [3.63, 3.8) is 0 Å². The molecule has 0 aliphatic heterocycles. The van der Waals surface area contributed by atoms with Crippen LogP contribution in [0.2, 0.25) is 0 Å². The lowest BCUT2D eigenvalue weighted by molar-refractivity contribution is 0.300. The molecule has 2 nitrogen and oxygen atoms in total. The normalized spacial score (nSPS) is 19.6. The minimum atomic E-state index is 0.491. The van der Waals surface area contributed by atoms with Crippen molar-refractivity contribution >= 4 is 0 Å². The number of fused-ring (bicyclic) bond motifs is 1. The highest BCUT2D eigenvalue weighted by Gasteiger charge is 2.24. The lowest BCUT2D eigenvalue weighted by Crippen LogP contribution is -2.42. The molecule has 2 heteroatoms. The fourth-order valence-electron chi connectivity index (χ4n) is 3.49. The van der Waals surface area contributed by atoms with Crippen molar-refractivity contribution in [1.82, 2.24) is 5.43 Å². The molecule has 0 saturated carbocycles. The molecule has 1 aliphatic carbocycles. The van der Waals surface area contributed by atoms with Crippen molar-refractivity contribution in [3.05, 3.63) is 35.4 Å². The van der Waals surface area contributed by atoms with Crippen LogP contribution in [-0.4, -0.2) is 6.04 Å². The first kappa shape index (κ1) is 15.5. The Morgan fingerprint density at radius 3 is 2.65 bits per heavy atom. The maximum Gasteiger partial charge on any atom is 0.0242 e. The number of aryl methyl sites for hydroxylation is 1. The van der Waals surface area contributed by atoms with E-state index in [-0.39, 0.29) is 0 Å². The molecule has 0 heterocycles. The van der Waals surface area contributed by atoms with Gasteiger partial charge in [0.15, 0.2) is 0 Å². The third-order valence-electron chi connectivity index (χ3n) is 4.79. The molecule has 0 fully saturated rings. The van der Waals surface area contributed by atoms with Crippen LogP contribution in [0.4, 0.5) is 0 Å². The summed E-state index contributed by atoms with van der Waals surface area (Å²) in [5.41, 5.74) is 6.17. The Balaban J connectivity index is 1.80. The summed E-state index contributed by atoms with van der Waals surface area (Å²) in [7, 11) is 0. The van der Waals surface area contributed by atoms with Crippen LogP contribution in [0.15, 0.2) is 24.3 Å². The van der Waals surface area contributed by atoms with Crippen LogP contribution < -0.4 is 11.3 Å². The summed E-state index contributed by atoms with van der Waals surface area (Å²) in [6.45, 7) is 2.27. The van der Waals surface area contributed by atoms with E-state index >= 15 is 0 Å². The minimum absolute atomic E-state index is 0.491. The second kappa shape index (κ2) is 8.43. The standard InChI is InChI=1S/C18H30N2/c1-2-3-4-5-6-11-18(20-19)17-13-12-15-9-7-8-10-16(15)14-17/h7-10,17-18,20H,2-6,11-14,19H2,1H3. The van der Waals surface area contributed by atoms with E-state index in [1.165, 1.54) is 63.4 Å². The van der Waals surface area contributed by atoms with E-state index in [1.54, 1.807) is 5.56 Å². The predicted octanol–water partition coefficient (Wildman–Crippen LogP) is 3.98. The second-order valence-corrected chi connectivity index (χ2v) is 6.25. The van der Waals surface area contributed by atoms with Gasteiger partial charge in [0, 0.05) is 6.04 Å². The molecule has 1 aromatic carbocycles. The van der Waals surface area contributed by atoms with Crippen molar-refractivity contribution in [3.8, 4) is 0 Å². The van der Waals surface area contributed by atoms with Gasteiger partial charge in [0.25, 0.3) is 0 Å². The van der Waals surface area contributed by atoms with Crippen LogP contribution in [0, 0.1) is 5.92 Å². The van der Waals surface area contributed by atoms with E-state index in [4.69, 9.17) is 5.84 Å². The molecule has 112 valence electrons. The highest BCUT2D eigenvalue weighted by atomic mass is 15.2. The topological polar surface area (TPSA) is 38.0 Å². The average Bonchev–Trinajstić information content (AvgIpc) is 2.50. The molecule has 2 atom stereocenters. The van der Waals surface area contributed by atoms with Crippen LogP contribution >= 0.6 is 0 Å². The first-order chi connectivity index (χ1) is 9.85. The Labute approximate surface area is 124 Å². The monoisotopic (exact) mass is 274 g/mol. The number of nitrogens with one attached hydrogen (secondary N) is 1. The Kier molecular flexibility index (Phi) is 6.55. The molecule has 2 rings (SSSR count). The van der Waals surface area contributed by atoms with Gasteiger partial charge >= 0.3 is 0 Å². The lowest BCUT2D eigenvalue weighted by Gasteiger charge is -2.31. The molecule has 0 radical (unpaired) electrons. The fraction of sp³-hybridized carbons (Fsp3) is 0.667. The maximum atomic E-state index is 5.81. The van der Waals surface area contributed by atoms with E-state index in [0.29, 0.717) is 12.0 Å². The lowest BCUT2D eigenvalue weighted by atomic mass is 9.79. The summed E-state index contributed by atoms with van der Waals surface area (Å²) in [6.07, 6.45) is 11.7. The first-order valence-electron chi connectivity index (χ1n) is 8.38. The van der Waals surface area contributed by atoms with Gasteiger partial charge in [-0.2, -0.15) is 0 Å². The van der Waals surface area contributed by atoms with Gasteiger partial charge in [-0.05, 0) is 42.7 Å². The zero-order valence-electron chi connectivity index (χ0n) is 12.9. The van der Waals surface area contributed by atoms with Crippen molar-refractivity contribution in [2.75, 3.05) is 0 Å². The summed E-state index contributed by atoms with van der Waals surface area (Å²) in [5, 5.41) is 0. The predicted molar refractivity (Wildman–Crippen MR) is 86.4 cm³/mol. The van der Waals surface area contributed by atoms with Crippen LogP contribution in [-0.2, 0) is 12.8 Å². The van der Waals surface area contributed by atoms with Gasteiger partial charge in [-0.25, -0.2) is 0 Å². The maximum absolute atomic E-state index is 5.81. The van der Waals surface area contributed by atoms with Crippen LogP contribution in [0.5, 0.6) is 0 Å². The second-order valence-electron chi connectivity index (χ2n) is 6.25. The Bertz CT molecular complexity index is 389. The SMILES string of the molecule is CCCCCCCC(NN)C1CCc2ccccc2C1. The molecule has 0 spiro atoms. The summed E-state index contributed by atoms with van der Waals surface area (Å²) < 4.78 is 0. The number of hydrogen-bond acceptors (Lipinski definition) is 2. The van der Waals surface area contributed by atoms with Crippen LogP contribution in [0.25, 0.3) is 0 Å². The highest BCUT2D eigenvalue weighted by molar-refractivity contribution is 5.29. The largest absolute Gasteiger partial charge is 0.271 e. The molecule has 20 heavy (non-hydrogen) atoms. The van der Waals surface area contributed by atoms with Gasteiger partial charge in [-0.15, -0.1) is 0 Å². The molecule has 1 aliphatic rings. The van der Waals surface area contributed by atoms with Gasteiger partial charge in [0.1, 0.15) is 0 Å². The molecule has 0 aromatic heterocycles. The fourth-order valence-corrected chi connectivity index (χ4v) is 3.49. The van der Waals surface area contributed by atoms with Gasteiger partial charge < -0.3 is 0 Å². The van der Waals surface area contributed by atoms with Crippen molar-refractivity contribution in [1.29, 1.82) is 0 Å². The summed E-state index contributed by atoms with van der Waals surface area (Å²) in [6, 6.07) is 9.38. The van der Waals surface area contributed by atoms with Gasteiger partial charge in [0.2, 0.25) is 0 Å². The Morgan fingerprint density at radius 1 is 1.15 bits per heavy atom. The van der Waals surface area contributed by atoms with Gasteiger partial charge in [-0.1, -0.05) is 63.3 Å². The molecule has 3 N–H and O–H groups in total. The molecule has 1 aromatic rings. The third kappa shape index (κ3) is 4.32. The molecule has 0 saturated heterocycles. The zero-order chi connectivity index (χ0) is 14.2. The van der Waals surface area contributed by atoms with Crippen molar-refractivity contribution in [2.24, 2.45) is 11.8 Å². The van der Waals surface area contributed by atoms with Crippen molar-refractivity contribution in [2.45, 2.75) is 70.8 Å². The number of nitrogens with two attached hydrogens (primary N) is 1. The van der Waals surface area contributed by atoms with Crippen LogP contribution in [0.1, 0.15) is 63.0 Å². The van der Waals surface area contributed by atoms with E-state index in [2.05, 4.69) is 36.6 Å². The minimum Gasteiger partial charge on any atom is -0.271 e. The molecular weight excluding hydrogens is 244 g/mol. The van der Waals surface area contributed by atoms with Gasteiger partial charge in [0.05, 0.1) is 0 Å². The van der Waals surface area contributed by atoms with E-state index in [0.717, 1.165) is 0 Å². The zero-order valence-corrected chi connectivity index (χ0v) is 12.9. The Hall–Kier alpha value is -0.860. The smallest absolute Gasteiger partial charge is 0.0242 e. The quantitative estimate of drug-likeness (QED) is 0.427. The van der Waals surface area contributed by atoms with Gasteiger partial charge in [-0.3, -0.25) is 11.3 Å². The number of rotatable bonds is 8. The highest BCUT2D eigenvalue weighted by Crippen LogP contribution is 2.29. The number of unbranched alkanes of at least 4 members (excludes halogenated alkanes) is 4. The summed E-state index contributed by atoms with van der Waals surface area (Å²) >= 11 is 0. The van der Waals surface area contributed by atoms with E-state index in [9.17, 15) is 0 Å². The van der Waals surface area contributed by atoms with E-state index in [1.807, 2.05) is 0 Å². The van der Waals surface area contributed by atoms with E-state index < -0.39 is 0 Å². The molecule has 0 amide bonds. The third-order valence-corrected chi connectivity index (χ3v) is 4.79. The number of hydrazine groups is 1.